The summed E-state index contributed by atoms with van der Waals surface area (Å²) in [7, 11) is 1.29. The summed E-state index contributed by atoms with van der Waals surface area (Å²) in [6.07, 6.45) is 1.55. The van der Waals surface area contributed by atoms with Gasteiger partial charge in [-0.15, -0.1) is 0 Å². The highest BCUT2D eigenvalue weighted by atomic mass is 16.6. The molecule has 2 aromatic carbocycles. The largest absolute Gasteiger partial charge is 0.482 e. The molecule has 2 rings (SSSR count). The van der Waals surface area contributed by atoms with Gasteiger partial charge >= 0.3 is 5.97 Å². The molecule has 2 amide bonds. The molecule has 0 aliphatic rings. The number of benzene rings is 2. The number of amides is 2. The molecule has 0 aliphatic carbocycles. The Morgan fingerprint density at radius 3 is 2.32 bits per heavy atom. The van der Waals surface area contributed by atoms with Gasteiger partial charge in [-0.1, -0.05) is 18.2 Å². The number of rotatable bonds is 9. The minimum absolute atomic E-state index is 0.0241. The SMILES string of the molecule is COC(=O)COc1ccc(C=NNC(=O)CCC(=O)Nc2ccccc2)cc1. The first-order valence-corrected chi connectivity index (χ1v) is 8.53. The second-order valence-electron chi connectivity index (χ2n) is 5.64. The van der Waals surface area contributed by atoms with Gasteiger partial charge in [0.2, 0.25) is 11.8 Å². The molecule has 0 bridgehead atoms. The van der Waals surface area contributed by atoms with Crippen LogP contribution >= 0.6 is 0 Å². The van der Waals surface area contributed by atoms with Crippen LogP contribution in [0.4, 0.5) is 5.69 Å². The lowest BCUT2D eigenvalue weighted by Gasteiger charge is -2.05. The number of ether oxygens (including phenoxy) is 2. The third kappa shape index (κ3) is 7.69. The Bertz CT molecular complexity index is 819. The summed E-state index contributed by atoms with van der Waals surface area (Å²) >= 11 is 0. The fraction of sp³-hybridized carbons (Fsp3) is 0.200. The summed E-state index contributed by atoms with van der Waals surface area (Å²) in [4.78, 5) is 34.6. The zero-order chi connectivity index (χ0) is 20.2. The number of anilines is 1. The summed E-state index contributed by atoms with van der Waals surface area (Å²) < 4.78 is 9.71. The van der Waals surface area contributed by atoms with E-state index in [9.17, 15) is 14.4 Å². The maximum Gasteiger partial charge on any atom is 0.343 e. The molecule has 0 aromatic heterocycles. The predicted molar refractivity (Wildman–Crippen MR) is 104 cm³/mol. The number of hydrogen-bond acceptors (Lipinski definition) is 6. The number of carbonyl (C=O) groups is 3. The van der Waals surface area contributed by atoms with Crippen molar-refractivity contribution in [3.8, 4) is 5.75 Å². The highest BCUT2D eigenvalue weighted by molar-refractivity contribution is 5.93. The highest BCUT2D eigenvalue weighted by Gasteiger charge is 2.06. The molecule has 0 saturated carbocycles. The van der Waals surface area contributed by atoms with E-state index < -0.39 is 5.97 Å². The van der Waals surface area contributed by atoms with Gasteiger partial charge in [0.25, 0.3) is 0 Å². The maximum atomic E-state index is 11.8. The molecule has 28 heavy (non-hydrogen) atoms. The van der Waals surface area contributed by atoms with Crippen molar-refractivity contribution in [2.24, 2.45) is 5.10 Å². The number of nitrogens with one attached hydrogen (secondary N) is 2. The van der Waals surface area contributed by atoms with E-state index in [0.29, 0.717) is 11.4 Å². The molecule has 146 valence electrons. The van der Waals surface area contributed by atoms with Gasteiger partial charge in [-0.3, -0.25) is 9.59 Å². The van der Waals surface area contributed by atoms with Crippen LogP contribution in [0.5, 0.6) is 5.75 Å². The van der Waals surface area contributed by atoms with Gasteiger partial charge in [0.05, 0.1) is 13.3 Å². The van der Waals surface area contributed by atoms with Crippen LogP contribution in [0.1, 0.15) is 18.4 Å². The van der Waals surface area contributed by atoms with E-state index >= 15 is 0 Å². The van der Waals surface area contributed by atoms with Gasteiger partial charge < -0.3 is 14.8 Å². The van der Waals surface area contributed by atoms with Crippen molar-refractivity contribution in [3.05, 3.63) is 60.2 Å². The normalized spacial score (nSPS) is 10.3. The summed E-state index contributed by atoms with van der Waals surface area (Å²) in [6.45, 7) is -0.169. The van der Waals surface area contributed by atoms with Crippen LogP contribution in [-0.4, -0.2) is 37.7 Å². The Morgan fingerprint density at radius 2 is 1.64 bits per heavy atom. The zero-order valence-corrected chi connectivity index (χ0v) is 15.4. The number of hydrogen-bond donors (Lipinski definition) is 2. The van der Waals surface area contributed by atoms with Gasteiger partial charge in [-0.25, -0.2) is 10.2 Å². The van der Waals surface area contributed by atoms with Gasteiger partial charge in [0.1, 0.15) is 5.75 Å². The van der Waals surface area contributed by atoms with E-state index in [1.165, 1.54) is 13.3 Å². The quantitative estimate of drug-likeness (QED) is 0.392. The molecule has 0 radical (unpaired) electrons. The summed E-state index contributed by atoms with van der Waals surface area (Å²) in [5.41, 5.74) is 3.79. The third-order valence-electron chi connectivity index (χ3n) is 3.50. The molecule has 0 heterocycles. The topological polar surface area (TPSA) is 106 Å². The van der Waals surface area contributed by atoms with Gasteiger partial charge in [-0.2, -0.15) is 5.10 Å². The van der Waals surface area contributed by atoms with Crippen molar-refractivity contribution in [2.75, 3.05) is 19.0 Å². The highest BCUT2D eigenvalue weighted by Crippen LogP contribution is 2.11. The number of para-hydroxylation sites is 1. The number of nitrogens with zero attached hydrogens (tertiary/aromatic N) is 1. The first-order chi connectivity index (χ1) is 13.6. The van der Waals surface area contributed by atoms with Crippen molar-refractivity contribution >= 4 is 29.7 Å². The van der Waals surface area contributed by atoms with Crippen molar-refractivity contribution in [1.82, 2.24) is 5.43 Å². The lowest BCUT2D eigenvalue weighted by Crippen LogP contribution is -2.20. The van der Waals surface area contributed by atoms with E-state index in [2.05, 4.69) is 20.6 Å². The number of methoxy groups -OCH3 is 1. The van der Waals surface area contributed by atoms with Crippen molar-refractivity contribution < 1.29 is 23.9 Å². The van der Waals surface area contributed by atoms with Gasteiger partial charge in [-0.05, 0) is 42.0 Å². The zero-order valence-electron chi connectivity index (χ0n) is 15.4. The van der Waals surface area contributed by atoms with Crippen LogP contribution in [0.3, 0.4) is 0 Å². The molecular formula is C20H21N3O5. The molecule has 2 aromatic rings. The fourth-order valence-electron chi connectivity index (χ4n) is 2.06. The smallest absolute Gasteiger partial charge is 0.343 e. The van der Waals surface area contributed by atoms with E-state index in [1.54, 1.807) is 36.4 Å². The van der Waals surface area contributed by atoms with Crippen molar-refractivity contribution in [1.29, 1.82) is 0 Å². The Labute approximate surface area is 162 Å². The van der Waals surface area contributed by atoms with E-state index in [4.69, 9.17) is 4.74 Å². The molecular weight excluding hydrogens is 362 g/mol. The second kappa shape index (κ2) is 11.1. The van der Waals surface area contributed by atoms with Crippen LogP contribution in [-0.2, 0) is 19.1 Å². The van der Waals surface area contributed by atoms with Crippen LogP contribution < -0.4 is 15.5 Å². The van der Waals surface area contributed by atoms with Crippen LogP contribution in [0, 0.1) is 0 Å². The predicted octanol–water partition coefficient (Wildman–Crippen LogP) is 2.11. The average Bonchev–Trinajstić information content (AvgIpc) is 2.72. The van der Waals surface area contributed by atoms with Gasteiger partial charge in [0, 0.05) is 18.5 Å². The molecule has 2 N–H and O–H groups in total. The summed E-state index contributed by atoms with van der Waals surface area (Å²) in [5.74, 6) is -0.563. The summed E-state index contributed by atoms with van der Waals surface area (Å²) in [5, 5.41) is 6.56. The molecule has 0 saturated heterocycles. The molecule has 0 unspecified atom stereocenters. The lowest BCUT2D eigenvalue weighted by atomic mass is 10.2. The number of carbonyl (C=O) groups excluding carboxylic acids is 3. The molecule has 0 atom stereocenters. The van der Waals surface area contributed by atoms with Crippen molar-refractivity contribution in [3.63, 3.8) is 0 Å². The fourth-order valence-corrected chi connectivity index (χ4v) is 2.06. The number of esters is 1. The molecule has 0 aliphatic heterocycles. The minimum atomic E-state index is -0.467. The Balaban J connectivity index is 1.69. The van der Waals surface area contributed by atoms with E-state index in [-0.39, 0.29) is 31.3 Å². The molecule has 0 fully saturated rings. The summed E-state index contributed by atoms with van der Waals surface area (Å²) in [6, 6.07) is 15.8. The Morgan fingerprint density at radius 1 is 0.964 bits per heavy atom. The molecule has 0 spiro atoms. The van der Waals surface area contributed by atoms with Crippen LogP contribution in [0.25, 0.3) is 0 Å². The van der Waals surface area contributed by atoms with E-state index in [0.717, 1.165) is 5.56 Å². The number of hydrazone groups is 1. The first-order valence-electron chi connectivity index (χ1n) is 8.53. The second-order valence-corrected chi connectivity index (χ2v) is 5.64. The molecule has 8 nitrogen and oxygen atoms in total. The maximum absolute atomic E-state index is 11.8. The Hall–Kier alpha value is -3.68. The van der Waals surface area contributed by atoms with Crippen LogP contribution in [0.15, 0.2) is 59.7 Å². The average molecular weight is 383 g/mol. The lowest BCUT2D eigenvalue weighted by molar-refractivity contribution is -0.142. The third-order valence-corrected chi connectivity index (χ3v) is 3.50. The monoisotopic (exact) mass is 383 g/mol. The minimum Gasteiger partial charge on any atom is -0.482 e. The Kier molecular flexibility index (Phi) is 8.19. The van der Waals surface area contributed by atoms with Crippen LogP contribution in [0.2, 0.25) is 0 Å². The standard InChI is InChI=1S/C20H21N3O5/c1-27-20(26)14-28-17-9-7-15(8-10-17)13-21-23-19(25)12-11-18(24)22-16-5-3-2-4-6-16/h2-10,13H,11-12,14H2,1H3,(H,22,24)(H,23,25). The van der Waals surface area contributed by atoms with E-state index in [1.807, 2.05) is 18.2 Å². The van der Waals surface area contributed by atoms with Crippen molar-refractivity contribution in [2.45, 2.75) is 12.8 Å². The molecule has 8 heteroatoms. The van der Waals surface area contributed by atoms with Gasteiger partial charge in [0.15, 0.2) is 6.61 Å². The first kappa shape index (κ1) is 20.6.